The molecule has 5 heterocycles. The van der Waals surface area contributed by atoms with Crippen molar-refractivity contribution < 1.29 is 27.0 Å². The lowest BCUT2D eigenvalue weighted by atomic mass is 9.93. The molecular weight excluding hydrogens is 540 g/mol. The van der Waals surface area contributed by atoms with Gasteiger partial charge in [0.1, 0.15) is 11.6 Å². The van der Waals surface area contributed by atoms with Gasteiger partial charge in [-0.3, -0.25) is 0 Å². The SMILES string of the molecule is C=C1NCC(C)(C)CNCCCOc2ccc(cc2F)CNc2cc(nc(OCC(F)(F)F)n2)Nc2ccc1cc2. The fraction of sp³-hybridized carbons (Fsp3) is 0.379. The van der Waals surface area contributed by atoms with E-state index in [0.717, 1.165) is 24.4 Å². The van der Waals surface area contributed by atoms with Crippen molar-refractivity contribution in [3.05, 3.63) is 72.1 Å². The lowest BCUT2D eigenvalue weighted by Crippen LogP contribution is -2.38. The fourth-order valence-electron chi connectivity index (χ4n) is 3.97. The van der Waals surface area contributed by atoms with Crippen molar-refractivity contribution in [1.82, 2.24) is 20.6 Å². The summed E-state index contributed by atoms with van der Waals surface area (Å²) in [5.41, 5.74) is 2.82. The van der Waals surface area contributed by atoms with Gasteiger partial charge >= 0.3 is 12.2 Å². The zero-order chi connectivity index (χ0) is 29.5. The average molecular weight is 575 g/mol. The van der Waals surface area contributed by atoms with Crippen LogP contribution in [0.25, 0.3) is 5.70 Å². The first-order valence-corrected chi connectivity index (χ1v) is 13.2. The highest BCUT2D eigenvalue weighted by Gasteiger charge is 2.29. The molecule has 7 rings (SSSR count). The Labute approximate surface area is 236 Å². The Morgan fingerprint density at radius 2 is 1.76 bits per heavy atom. The molecule has 0 unspecified atom stereocenters. The third-order valence-corrected chi connectivity index (χ3v) is 6.19. The van der Waals surface area contributed by atoms with Gasteiger partial charge < -0.3 is 30.7 Å². The number of nitrogens with one attached hydrogen (secondary N) is 4. The molecule has 2 aromatic carbocycles. The largest absolute Gasteiger partial charge is 0.490 e. The molecule has 4 N–H and O–H groups in total. The van der Waals surface area contributed by atoms with Gasteiger partial charge in [0.15, 0.2) is 18.2 Å². The lowest BCUT2D eigenvalue weighted by Gasteiger charge is -2.27. The minimum atomic E-state index is -4.56. The van der Waals surface area contributed by atoms with Crippen molar-refractivity contribution in [1.29, 1.82) is 0 Å². The predicted molar refractivity (Wildman–Crippen MR) is 151 cm³/mol. The minimum absolute atomic E-state index is 0.0638. The summed E-state index contributed by atoms with van der Waals surface area (Å²) in [4.78, 5) is 8.11. The number of halogens is 4. The van der Waals surface area contributed by atoms with E-state index in [2.05, 4.69) is 51.7 Å². The number of alkyl halides is 3. The van der Waals surface area contributed by atoms with E-state index >= 15 is 0 Å². The quantitative estimate of drug-likeness (QED) is 0.283. The maximum absolute atomic E-state index is 14.7. The van der Waals surface area contributed by atoms with Crippen molar-refractivity contribution in [2.75, 3.05) is 43.5 Å². The van der Waals surface area contributed by atoms with Gasteiger partial charge in [-0.25, -0.2) is 4.39 Å². The number of ether oxygens (including phenoxy) is 2. The Balaban J connectivity index is 1.58. The Kier molecular flexibility index (Phi) is 9.53. The predicted octanol–water partition coefficient (Wildman–Crippen LogP) is 5.87. The molecule has 220 valence electrons. The zero-order valence-corrected chi connectivity index (χ0v) is 23.0. The molecule has 0 spiro atoms. The summed E-state index contributed by atoms with van der Waals surface area (Å²) in [6.07, 6.45) is -3.85. The number of rotatable bonds is 2. The van der Waals surface area contributed by atoms with Gasteiger partial charge in [0.2, 0.25) is 0 Å². The van der Waals surface area contributed by atoms with Crippen LogP contribution < -0.4 is 30.7 Å². The van der Waals surface area contributed by atoms with Crippen LogP contribution in [0, 0.1) is 11.2 Å². The van der Waals surface area contributed by atoms with Gasteiger partial charge in [0.05, 0.1) is 6.61 Å². The lowest BCUT2D eigenvalue weighted by molar-refractivity contribution is -0.154. The van der Waals surface area contributed by atoms with Gasteiger partial charge in [-0.15, -0.1) is 0 Å². The van der Waals surface area contributed by atoms with E-state index in [9.17, 15) is 17.6 Å². The summed E-state index contributed by atoms with van der Waals surface area (Å²) >= 11 is 0. The maximum atomic E-state index is 14.7. The molecule has 3 aromatic rings. The van der Waals surface area contributed by atoms with E-state index in [-0.39, 0.29) is 29.3 Å². The summed E-state index contributed by atoms with van der Waals surface area (Å²) in [5.74, 6) is 0.0392. The van der Waals surface area contributed by atoms with Crippen LogP contribution in [0.4, 0.5) is 34.9 Å². The molecule has 12 heteroatoms. The van der Waals surface area contributed by atoms with Crippen LogP contribution >= 0.6 is 0 Å². The molecule has 4 aliphatic rings. The molecule has 41 heavy (non-hydrogen) atoms. The van der Waals surface area contributed by atoms with Crippen molar-refractivity contribution in [3.63, 3.8) is 0 Å². The maximum Gasteiger partial charge on any atom is 0.422 e. The molecule has 0 atom stereocenters. The Hall–Kier alpha value is -4.06. The normalized spacial score (nSPS) is 16.5. The second-order valence-corrected chi connectivity index (χ2v) is 10.5. The molecule has 0 amide bonds. The summed E-state index contributed by atoms with van der Waals surface area (Å²) in [6, 6.07) is 13.0. The van der Waals surface area contributed by atoms with Crippen LogP contribution in [0.5, 0.6) is 11.8 Å². The summed E-state index contributed by atoms with van der Waals surface area (Å²) in [6.45, 7) is 9.55. The third kappa shape index (κ3) is 9.52. The van der Waals surface area contributed by atoms with E-state index in [0.29, 0.717) is 30.8 Å². The first-order valence-electron chi connectivity index (χ1n) is 13.2. The number of benzene rings is 2. The smallest absolute Gasteiger partial charge is 0.422 e. The van der Waals surface area contributed by atoms with Crippen LogP contribution in [-0.4, -0.2) is 49.0 Å². The van der Waals surface area contributed by atoms with Gasteiger partial charge in [0.25, 0.3) is 0 Å². The highest BCUT2D eigenvalue weighted by Crippen LogP contribution is 2.25. The zero-order valence-electron chi connectivity index (χ0n) is 23.0. The number of aromatic nitrogens is 2. The molecule has 1 aromatic heterocycles. The molecule has 4 aliphatic heterocycles. The Morgan fingerprint density at radius 3 is 2.49 bits per heavy atom. The first-order chi connectivity index (χ1) is 19.5. The number of hydrogen-bond donors (Lipinski definition) is 4. The van der Waals surface area contributed by atoms with E-state index < -0.39 is 24.6 Å². The van der Waals surface area contributed by atoms with Crippen LogP contribution in [0.1, 0.15) is 31.4 Å². The highest BCUT2D eigenvalue weighted by atomic mass is 19.4. The number of hydrogen-bond acceptors (Lipinski definition) is 8. The highest BCUT2D eigenvalue weighted by molar-refractivity contribution is 5.66. The van der Waals surface area contributed by atoms with Gasteiger partial charge in [-0.05, 0) is 53.8 Å². The standard InChI is InChI=1S/C29H34F4N6O2/c1-19-21-6-8-22(9-7-21)37-26-14-25(38-27(39-26)41-18-29(31,32)33)35-15-20-5-10-24(23(30)13-20)40-12-4-11-34-16-28(2,3)17-36-19/h5-10,13-14,34,36H,1,4,11-12,15-18H2,2-3H3,(H2,35,37,38,39). The fourth-order valence-corrected chi connectivity index (χ4v) is 3.97. The first kappa shape index (κ1) is 29.9. The van der Waals surface area contributed by atoms with Gasteiger partial charge in [-0.2, -0.15) is 23.1 Å². The van der Waals surface area contributed by atoms with Crippen LogP contribution in [0.2, 0.25) is 0 Å². The molecule has 0 radical (unpaired) electrons. The molecule has 0 fully saturated rings. The van der Waals surface area contributed by atoms with Crippen molar-refractivity contribution in [2.24, 2.45) is 5.41 Å². The average Bonchev–Trinajstić information content (AvgIpc) is 2.92. The second-order valence-electron chi connectivity index (χ2n) is 10.5. The molecule has 6 bridgehead atoms. The third-order valence-electron chi connectivity index (χ3n) is 6.19. The molecular formula is C29H34F4N6O2. The van der Waals surface area contributed by atoms with E-state index in [1.165, 1.54) is 12.1 Å². The monoisotopic (exact) mass is 574 g/mol. The topological polar surface area (TPSA) is 92.4 Å². The summed E-state index contributed by atoms with van der Waals surface area (Å²) in [5, 5.41) is 12.9. The molecule has 0 saturated carbocycles. The minimum Gasteiger partial charge on any atom is -0.490 e. The molecule has 0 aliphatic carbocycles. The number of nitrogens with zero attached hydrogens (tertiary/aromatic N) is 2. The van der Waals surface area contributed by atoms with Crippen LogP contribution in [0.3, 0.4) is 0 Å². The van der Waals surface area contributed by atoms with E-state index in [4.69, 9.17) is 9.47 Å². The Morgan fingerprint density at radius 1 is 1.00 bits per heavy atom. The molecule has 0 saturated heterocycles. The van der Waals surface area contributed by atoms with Crippen LogP contribution in [-0.2, 0) is 6.54 Å². The van der Waals surface area contributed by atoms with Crippen molar-refractivity contribution in [2.45, 2.75) is 33.0 Å². The van der Waals surface area contributed by atoms with Gasteiger partial charge in [0, 0.05) is 37.1 Å². The molecule has 8 nitrogen and oxygen atoms in total. The van der Waals surface area contributed by atoms with E-state index in [1.54, 1.807) is 12.1 Å². The number of anilines is 3. The van der Waals surface area contributed by atoms with Gasteiger partial charge in [-0.1, -0.05) is 38.6 Å². The van der Waals surface area contributed by atoms with Crippen LogP contribution in [0.15, 0.2) is 55.1 Å². The summed E-state index contributed by atoms with van der Waals surface area (Å²) in [7, 11) is 0. The van der Waals surface area contributed by atoms with Crippen molar-refractivity contribution in [3.8, 4) is 11.8 Å². The second kappa shape index (κ2) is 13.1. The summed E-state index contributed by atoms with van der Waals surface area (Å²) < 4.78 is 63.4. The van der Waals surface area contributed by atoms with Crippen molar-refractivity contribution >= 4 is 23.0 Å². The van der Waals surface area contributed by atoms with E-state index in [1.807, 2.05) is 24.3 Å². The Bertz CT molecular complexity index is 1330.